The highest BCUT2D eigenvalue weighted by atomic mass is 16.5. The summed E-state index contributed by atoms with van der Waals surface area (Å²) in [5.74, 6) is 1.50. The van der Waals surface area contributed by atoms with Crippen LogP contribution in [0.2, 0.25) is 0 Å². The summed E-state index contributed by atoms with van der Waals surface area (Å²) in [6.07, 6.45) is 5.12. The van der Waals surface area contributed by atoms with E-state index >= 15 is 0 Å². The normalized spacial score (nSPS) is 12.4. The van der Waals surface area contributed by atoms with Gasteiger partial charge in [0.25, 0.3) is 0 Å². The maximum atomic E-state index is 8.93. The van der Waals surface area contributed by atoms with Crippen LogP contribution in [0.5, 0.6) is 5.75 Å². The molecule has 1 atom stereocenters. The second-order valence-corrected chi connectivity index (χ2v) is 4.71. The lowest BCUT2D eigenvalue weighted by atomic mass is 10.0. The summed E-state index contributed by atoms with van der Waals surface area (Å²) in [5, 5.41) is 8.93. The highest BCUT2D eigenvalue weighted by Gasteiger charge is 2.03. The van der Waals surface area contributed by atoms with Crippen molar-refractivity contribution < 1.29 is 9.84 Å². The van der Waals surface area contributed by atoms with Gasteiger partial charge in [-0.15, -0.1) is 0 Å². The van der Waals surface area contributed by atoms with Gasteiger partial charge in [0, 0.05) is 0 Å². The Hall–Kier alpha value is -1.02. The summed E-state index contributed by atoms with van der Waals surface area (Å²) >= 11 is 0. The average molecular weight is 236 g/mol. The summed E-state index contributed by atoms with van der Waals surface area (Å²) in [6, 6.07) is 7.64. The van der Waals surface area contributed by atoms with E-state index in [0.29, 0.717) is 5.92 Å². The van der Waals surface area contributed by atoms with Crippen LogP contribution in [0, 0.1) is 5.92 Å². The first-order valence-corrected chi connectivity index (χ1v) is 6.58. The number of hydrogen-bond donors (Lipinski definition) is 1. The van der Waals surface area contributed by atoms with Crippen LogP contribution in [0.25, 0.3) is 0 Å². The van der Waals surface area contributed by atoms with Crippen molar-refractivity contribution in [3.05, 3.63) is 29.8 Å². The van der Waals surface area contributed by atoms with Crippen LogP contribution < -0.4 is 4.74 Å². The van der Waals surface area contributed by atoms with Gasteiger partial charge in [-0.05, 0) is 30.0 Å². The standard InChI is InChI=1S/C15H24O2/c1-3-4-5-6-13(2)12-17-15-9-7-14(11-16)8-10-15/h7-10,13,16H,3-6,11-12H2,1-2H3/t13-/m1/s1. The number of aliphatic hydroxyl groups excluding tert-OH is 1. The number of unbranched alkanes of at least 4 members (excludes halogenated alkanes) is 2. The summed E-state index contributed by atoms with van der Waals surface area (Å²) in [7, 11) is 0. The van der Waals surface area contributed by atoms with Crippen LogP contribution in [0.15, 0.2) is 24.3 Å². The zero-order valence-electron chi connectivity index (χ0n) is 11.0. The van der Waals surface area contributed by atoms with Gasteiger partial charge in [-0.2, -0.15) is 0 Å². The maximum Gasteiger partial charge on any atom is 0.119 e. The van der Waals surface area contributed by atoms with Crippen LogP contribution in [-0.4, -0.2) is 11.7 Å². The van der Waals surface area contributed by atoms with E-state index in [2.05, 4.69) is 13.8 Å². The van der Waals surface area contributed by atoms with Crippen LogP contribution in [0.1, 0.15) is 45.1 Å². The molecule has 1 aromatic rings. The highest BCUT2D eigenvalue weighted by molar-refractivity contribution is 5.26. The van der Waals surface area contributed by atoms with Gasteiger partial charge in [-0.25, -0.2) is 0 Å². The molecule has 0 amide bonds. The molecule has 0 aromatic heterocycles. The fourth-order valence-electron chi connectivity index (χ4n) is 1.76. The van der Waals surface area contributed by atoms with E-state index in [0.717, 1.165) is 17.9 Å². The van der Waals surface area contributed by atoms with E-state index < -0.39 is 0 Å². The number of hydrogen-bond acceptors (Lipinski definition) is 2. The van der Waals surface area contributed by atoms with Crippen molar-refractivity contribution in [2.45, 2.75) is 46.1 Å². The predicted molar refractivity (Wildman–Crippen MR) is 71.2 cm³/mol. The van der Waals surface area contributed by atoms with Gasteiger partial charge in [0.1, 0.15) is 5.75 Å². The van der Waals surface area contributed by atoms with Crippen LogP contribution in [-0.2, 0) is 6.61 Å². The SMILES string of the molecule is CCCCC[C@@H](C)COc1ccc(CO)cc1. The van der Waals surface area contributed by atoms with Gasteiger partial charge < -0.3 is 9.84 Å². The van der Waals surface area contributed by atoms with Gasteiger partial charge >= 0.3 is 0 Å². The van der Waals surface area contributed by atoms with E-state index in [4.69, 9.17) is 9.84 Å². The zero-order valence-corrected chi connectivity index (χ0v) is 11.0. The minimum atomic E-state index is 0.0910. The first kappa shape index (κ1) is 14.0. The lowest BCUT2D eigenvalue weighted by Crippen LogP contribution is -2.08. The van der Waals surface area contributed by atoms with Crippen molar-refractivity contribution in [3.8, 4) is 5.75 Å². The number of ether oxygens (including phenoxy) is 1. The molecular weight excluding hydrogens is 212 g/mol. The van der Waals surface area contributed by atoms with Gasteiger partial charge in [0.2, 0.25) is 0 Å². The number of aliphatic hydroxyl groups is 1. The molecular formula is C15H24O2. The van der Waals surface area contributed by atoms with Gasteiger partial charge in [-0.1, -0.05) is 45.2 Å². The Morgan fingerprint density at radius 1 is 1.18 bits per heavy atom. The van der Waals surface area contributed by atoms with E-state index in [1.54, 1.807) is 0 Å². The van der Waals surface area contributed by atoms with Crippen LogP contribution in [0.3, 0.4) is 0 Å². The minimum Gasteiger partial charge on any atom is -0.493 e. The van der Waals surface area contributed by atoms with Gasteiger partial charge in [0.05, 0.1) is 13.2 Å². The van der Waals surface area contributed by atoms with E-state index in [1.807, 2.05) is 24.3 Å². The predicted octanol–water partition coefficient (Wildman–Crippen LogP) is 3.77. The Kier molecular flexibility index (Phi) is 6.71. The van der Waals surface area contributed by atoms with Crippen LogP contribution in [0.4, 0.5) is 0 Å². The molecule has 1 N–H and O–H groups in total. The van der Waals surface area contributed by atoms with Gasteiger partial charge in [0.15, 0.2) is 0 Å². The monoisotopic (exact) mass is 236 g/mol. The topological polar surface area (TPSA) is 29.5 Å². The Balaban J connectivity index is 2.24. The van der Waals surface area contributed by atoms with Crippen molar-refractivity contribution >= 4 is 0 Å². The average Bonchev–Trinajstić information content (AvgIpc) is 2.37. The molecule has 96 valence electrons. The molecule has 0 saturated heterocycles. The Bertz CT molecular complexity index is 292. The summed E-state index contributed by atoms with van der Waals surface area (Å²) in [6.45, 7) is 5.33. The quantitative estimate of drug-likeness (QED) is 0.696. The molecule has 0 aliphatic heterocycles. The fourth-order valence-corrected chi connectivity index (χ4v) is 1.76. The molecule has 0 saturated carbocycles. The van der Waals surface area contributed by atoms with Crippen LogP contribution >= 0.6 is 0 Å². The minimum absolute atomic E-state index is 0.0910. The Morgan fingerprint density at radius 2 is 1.88 bits per heavy atom. The number of rotatable bonds is 8. The molecule has 0 bridgehead atoms. The highest BCUT2D eigenvalue weighted by Crippen LogP contribution is 2.15. The second kappa shape index (κ2) is 8.13. The van der Waals surface area contributed by atoms with Crippen molar-refractivity contribution in [1.82, 2.24) is 0 Å². The van der Waals surface area contributed by atoms with E-state index in [-0.39, 0.29) is 6.61 Å². The molecule has 1 aromatic carbocycles. The summed E-state index contributed by atoms with van der Waals surface area (Å²) in [4.78, 5) is 0. The smallest absolute Gasteiger partial charge is 0.119 e. The first-order chi connectivity index (χ1) is 8.26. The first-order valence-electron chi connectivity index (χ1n) is 6.58. The molecule has 17 heavy (non-hydrogen) atoms. The third kappa shape index (κ3) is 5.73. The zero-order chi connectivity index (χ0) is 12.5. The molecule has 0 unspecified atom stereocenters. The van der Waals surface area contributed by atoms with Crippen molar-refractivity contribution in [2.75, 3.05) is 6.61 Å². The van der Waals surface area contributed by atoms with Crippen molar-refractivity contribution in [1.29, 1.82) is 0 Å². The molecule has 0 fully saturated rings. The maximum absolute atomic E-state index is 8.93. The lowest BCUT2D eigenvalue weighted by molar-refractivity contribution is 0.248. The lowest BCUT2D eigenvalue weighted by Gasteiger charge is -2.13. The molecule has 0 aliphatic rings. The Morgan fingerprint density at radius 3 is 2.47 bits per heavy atom. The Labute approximate surface area is 105 Å². The number of benzene rings is 1. The fraction of sp³-hybridized carbons (Fsp3) is 0.600. The molecule has 2 heteroatoms. The van der Waals surface area contributed by atoms with E-state index in [9.17, 15) is 0 Å². The molecule has 0 heterocycles. The molecule has 1 rings (SSSR count). The molecule has 0 spiro atoms. The molecule has 0 aliphatic carbocycles. The third-order valence-corrected chi connectivity index (χ3v) is 2.94. The van der Waals surface area contributed by atoms with E-state index in [1.165, 1.54) is 25.7 Å². The summed E-state index contributed by atoms with van der Waals surface area (Å²) < 4.78 is 5.72. The third-order valence-electron chi connectivity index (χ3n) is 2.94. The molecule has 0 radical (unpaired) electrons. The molecule has 2 nitrogen and oxygen atoms in total. The second-order valence-electron chi connectivity index (χ2n) is 4.71. The van der Waals surface area contributed by atoms with Gasteiger partial charge in [-0.3, -0.25) is 0 Å². The largest absolute Gasteiger partial charge is 0.493 e. The summed E-state index contributed by atoms with van der Waals surface area (Å²) in [5.41, 5.74) is 0.924. The van der Waals surface area contributed by atoms with Crippen molar-refractivity contribution in [2.24, 2.45) is 5.92 Å². The van der Waals surface area contributed by atoms with Crippen molar-refractivity contribution in [3.63, 3.8) is 0 Å².